The van der Waals surface area contributed by atoms with Crippen molar-refractivity contribution in [3.63, 3.8) is 0 Å². The Hall–Kier alpha value is -3.53. The quantitative estimate of drug-likeness (QED) is 0.231. The molecule has 4 rings (SSSR count). The molecule has 4 heteroatoms. The number of rotatable bonds is 8. The van der Waals surface area contributed by atoms with Gasteiger partial charge in [0.15, 0.2) is 0 Å². The number of fused-ring (bicyclic) bond motifs is 2. The summed E-state index contributed by atoms with van der Waals surface area (Å²) in [5, 5.41) is 6.38. The third-order valence-electron chi connectivity index (χ3n) is 6.16. The van der Waals surface area contributed by atoms with E-state index in [9.17, 15) is 4.79 Å². The molecule has 1 N–H and O–H groups in total. The van der Waals surface area contributed by atoms with Gasteiger partial charge in [0.2, 0.25) is 5.91 Å². The van der Waals surface area contributed by atoms with Crippen LogP contribution in [-0.4, -0.2) is 19.6 Å². The highest BCUT2D eigenvalue weighted by atomic mass is 16.5. The number of methoxy groups -OCH3 is 1. The summed E-state index contributed by atoms with van der Waals surface area (Å²) in [6, 6.07) is 16.8. The topological polar surface area (TPSA) is 51.5 Å². The smallest absolute Gasteiger partial charge is 0.244 e. The fourth-order valence-corrected chi connectivity index (χ4v) is 4.36. The number of allylic oxidation sites excluding steroid dienone is 1. The molecular formula is C29H31NO3. The summed E-state index contributed by atoms with van der Waals surface area (Å²) in [6.07, 6.45) is 6.71. The normalized spacial score (nSPS) is 11.8. The molecule has 1 aromatic heterocycles. The number of furan rings is 1. The summed E-state index contributed by atoms with van der Waals surface area (Å²) < 4.78 is 11.7. The maximum Gasteiger partial charge on any atom is 0.244 e. The molecule has 170 valence electrons. The van der Waals surface area contributed by atoms with Gasteiger partial charge in [0, 0.05) is 34.7 Å². The first-order chi connectivity index (χ1) is 16.0. The second-order valence-electron chi connectivity index (χ2n) is 8.50. The molecule has 4 nitrogen and oxygen atoms in total. The number of nitrogens with one attached hydrogen (secondary N) is 1. The Kier molecular flexibility index (Phi) is 6.83. The number of aryl methyl sites for hydroxylation is 1. The monoisotopic (exact) mass is 441 g/mol. The lowest BCUT2D eigenvalue weighted by Gasteiger charge is -2.13. The molecule has 0 fully saturated rings. The van der Waals surface area contributed by atoms with Gasteiger partial charge in [-0.15, -0.1) is 0 Å². The second-order valence-corrected chi connectivity index (χ2v) is 8.50. The fourth-order valence-electron chi connectivity index (χ4n) is 4.36. The van der Waals surface area contributed by atoms with Crippen LogP contribution < -0.4 is 10.1 Å². The zero-order chi connectivity index (χ0) is 23.4. The van der Waals surface area contributed by atoms with Crippen LogP contribution in [0.3, 0.4) is 0 Å². The molecule has 0 aliphatic heterocycles. The van der Waals surface area contributed by atoms with Crippen molar-refractivity contribution in [2.75, 3.05) is 13.7 Å². The van der Waals surface area contributed by atoms with Crippen molar-refractivity contribution >= 4 is 33.2 Å². The average Bonchev–Trinajstić information content (AvgIpc) is 3.26. The number of carbonyl (C=O) groups is 1. The van der Waals surface area contributed by atoms with Crippen LogP contribution in [0.15, 0.2) is 65.3 Å². The summed E-state index contributed by atoms with van der Waals surface area (Å²) in [7, 11) is 1.66. The Morgan fingerprint density at radius 2 is 1.88 bits per heavy atom. The van der Waals surface area contributed by atoms with Gasteiger partial charge >= 0.3 is 0 Å². The molecule has 3 aromatic carbocycles. The van der Waals surface area contributed by atoms with E-state index in [1.165, 1.54) is 10.8 Å². The number of benzene rings is 3. The van der Waals surface area contributed by atoms with E-state index >= 15 is 0 Å². The van der Waals surface area contributed by atoms with Gasteiger partial charge in [-0.05, 0) is 54.3 Å². The van der Waals surface area contributed by atoms with Crippen LogP contribution in [0.5, 0.6) is 5.75 Å². The molecule has 0 saturated heterocycles. The van der Waals surface area contributed by atoms with Crippen molar-refractivity contribution in [3.8, 4) is 16.9 Å². The minimum atomic E-state index is -0.0784. The molecular weight excluding hydrogens is 410 g/mol. The minimum absolute atomic E-state index is 0.0784. The highest BCUT2D eigenvalue weighted by Gasteiger charge is 2.19. The van der Waals surface area contributed by atoms with Gasteiger partial charge in [-0.1, -0.05) is 56.2 Å². The molecule has 0 aliphatic carbocycles. The Labute approximate surface area is 195 Å². The van der Waals surface area contributed by atoms with E-state index in [0.29, 0.717) is 6.54 Å². The number of hydrogen-bond donors (Lipinski definition) is 1. The van der Waals surface area contributed by atoms with Crippen LogP contribution in [0.4, 0.5) is 0 Å². The highest BCUT2D eigenvalue weighted by Crippen LogP contribution is 2.41. The molecule has 0 atom stereocenters. The Morgan fingerprint density at radius 3 is 2.64 bits per heavy atom. The van der Waals surface area contributed by atoms with Crippen LogP contribution in [0.1, 0.15) is 44.2 Å². The molecule has 1 heterocycles. The summed E-state index contributed by atoms with van der Waals surface area (Å²) in [5.41, 5.74) is 5.60. The molecule has 4 aromatic rings. The van der Waals surface area contributed by atoms with E-state index in [1.54, 1.807) is 13.2 Å². The molecule has 0 spiro atoms. The van der Waals surface area contributed by atoms with Gasteiger partial charge < -0.3 is 14.5 Å². The Bertz CT molecular complexity index is 1330. The van der Waals surface area contributed by atoms with Crippen molar-refractivity contribution in [1.29, 1.82) is 0 Å². The van der Waals surface area contributed by atoms with Gasteiger partial charge in [0.25, 0.3) is 0 Å². The van der Waals surface area contributed by atoms with Crippen molar-refractivity contribution in [2.24, 2.45) is 0 Å². The van der Waals surface area contributed by atoms with Gasteiger partial charge in [-0.3, -0.25) is 4.79 Å². The maximum absolute atomic E-state index is 12.5. The zero-order valence-corrected chi connectivity index (χ0v) is 19.8. The van der Waals surface area contributed by atoms with Crippen molar-refractivity contribution in [3.05, 3.63) is 72.0 Å². The lowest BCUT2D eigenvalue weighted by molar-refractivity contribution is -0.116. The lowest BCUT2D eigenvalue weighted by Crippen LogP contribution is -2.22. The zero-order valence-electron chi connectivity index (χ0n) is 19.8. The predicted octanol–water partition coefficient (Wildman–Crippen LogP) is 7.28. The first kappa shape index (κ1) is 22.7. The lowest BCUT2D eigenvalue weighted by atomic mass is 9.95. The number of unbranched alkanes of at least 4 members (excludes halogenated alkanes) is 2. The summed E-state index contributed by atoms with van der Waals surface area (Å²) in [5.74, 6) is 0.653. The SMILES string of the molecule is CCCCCNC(=O)/C=C(\C)c1cc2c(-c3ccc4ccccc4c3)coc2c(C)c1OC. The molecule has 0 bridgehead atoms. The Morgan fingerprint density at radius 1 is 1.09 bits per heavy atom. The van der Waals surface area contributed by atoms with E-state index in [0.717, 1.165) is 63.8 Å². The average molecular weight is 442 g/mol. The number of carbonyl (C=O) groups excluding carboxylic acids is 1. The van der Waals surface area contributed by atoms with Crippen molar-refractivity contribution in [1.82, 2.24) is 5.32 Å². The van der Waals surface area contributed by atoms with Gasteiger partial charge in [-0.2, -0.15) is 0 Å². The van der Waals surface area contributed by atoms with E-state index in [2.05, 4.69) is 48.6 Å². The summed E-state index contributed by atoms with van der Waals surface area (Å²) in [6.45, 7) is 6.79. The predicted molar refractivity (Wildman–Crippen MR) is 137 cm³/mol. The van der Waals surface area contributed by atoms with Gasteiger partial charge in [-0.25, -0.2) is 0 Å². The maximum atomic E-state index is 12.5. The first-order valence-electron chi connectivity index (χ1n) is 11.6. The van der Waals surface area contributed by atoms with Gasteiger partial charge in [0.05, 0.1) is 13.4 Å². The first-order valence-corrected chi connectivity index (χ1v) is 11.6. The highest BCUT2D eigenvalue weighted by molar-refractivity contribution is 6.02. The molecule has 33 heavy (non-hydrogen) atoms. The second kappa shape index (κ2) is 9.95. The largest absolute Gasteiger partial charge is 0.496 e. The van der Waals surface area contributed by atoms with Crippen LogP contribution in [0, 0.1) is 6.92 Å². The van der Waals surface area contributed by atoms with Crippen LogP contribution in [0.2, 0.25) is 0 Å². The van der Waals surface area contributed by atoms with Gasteiger partial charge in [0.1, 0.15) is 11.3 Å². The standard InChI is InChI=1S/C29H31NO3/c1-5-6-9-14-30-27(31)15-19(2)24-17-25-26(18-33-29(25)20(3)28(24)32-4)23-13-12-21-10-7-8-11-22(21)16-23/h7-8,10-13,15-18H,5-6,9,14H2,1-4H3,(H,30,31)/b19-15+. The van der Waals surface area contributed by atoms with Crippen LogP contribution in [0.25, 0.3) is 38.4 Å². The number of amides is 1. The van der Waals surface area contributed by atoms with Crippen LogP contribution >= 0.6 is 0 Å². The van der Waals surface area contributed by atoms with E-state index in [-0.39, 0.29) is 5.91 Å². The number of ether oxygens (including phenoxy) is 1. The van der Waals surface area contributed by atoms with Crippen molar-refractivity contribution in [2.45, 2.75) is 40.0 Å². The number of hydrogen-bond acceptors (Lipinski definition) is 3. The molecule has 0 radical (unpaired) electrons. The minimum Gasteiger partial charge on any atom is -0.496 e. The molecule has 0 saturated carbocycles. The third kappa shape index (κ3) is 4.65. The summed E-state index contributed by atoms with van der Waals surface area (Å²) >= 11 is 0. The Balaban J connectivity index is 1.75. The van der Waals surface area contributed by atoms with E-state index < -0.39 is 0 Å². The van der Waals surface area contributed by atoms with Crippen molar-refractivity contribution < 1.29 is 13.9 Å². The van der Waals surface area contributed by atoms with E-state index in [4.69, 9.17) is 9.15 Å². The summed E-state index contributed by atoms with van der Waals surface area (Å²) in [4.78, 5) is 12.5. The van der Waals surface area contributed by atoms with Crippen LogP contribution in [-0.2, 0) is 4.79 Å². The molecule has 0 unspecified atom stereocenters. The van der Waals surface area contributed by atoms with E-state index in [1.807, 2.05) is 32.2 Å². The fraction of sp³-hybridized carbons (Fsp3) is 0.276. The molecule has 0 aliphatic rings. The third-order valence-corrected chi connectivity index (χ3v) is 6.16. The molecule has 1 amide bonds.